The zero-order valence-electron chi connectivity index (χ0n) is 51.6. The lowest BCUT2D eigenvalue weighted by molar-refractivity contribution is 0.478. The molecule has 4 heterocycles. The van der Waals surface area contributed by atoms with Crippen LogP contribution in [0.1, 0.15) is 81.8 Å². The minimum absolute atomic E-state index is 0.0894. The maximum atomic E-state index is 8.34. The van der Waals surface area contributed by atoms with Gasteiger partial charge in [0.05, 0.1) is 58.8 Å². The van der Waals surface area contributed by atoms with E-state index in [-0.39, 0.29) is 17.5 Å². The van der Waals surface area contributed by atoms with Gasteiger partial charge in [0.1, 0.15) is 36.3 Å². The fourth-order valence-electron chi connectivity index (χ4n) is 12.2. The van der Waals surface area contributed by atoms with E-state index in [0.717, 1.165) is 82.1 Å². The molecule has 9 aromatic rings. The molecule has 13 rings (SSSR count). The Morgan fingerprint density at radius 3 is 1.07 bits per heavy atom. The molecule has 0 N–H and O–H groups in total. The summed E-state index contributed by atoms with van der Waals surface area (Å²) < 4.78 is 38.8. The van der Waals surface area contributed by atoms with Gasteiger partial charge in [-0.05, 0) is 155 Å². The summed E-state index contributed by atoms with van der Waals surface area (Å²) in [5.74, 6) is 2.99. The van der Waals surface area contributed by atoms with Gasteiger partial charge in [-0.15, -0.1) is 0 Å². The number of hydrogen-bond acceptors (Lipinski definition) is 10. The predicted molar refractivity (Wildman–Crippen MR) is 343 cm³/mol. The number of benzene rings is 9. The van der Waals surface area contributed by atoms with Gasteiger partial charge in [0.15, 0.2) is 0 Å². The van der Waals surface area contributed by atoms with Crippen LogP contribution in [0.25, 0.3) is 0 Å². The van der Waals surface area contributed by atoms with Gasteiger partial charge in [-0.25, -0.2) is 0 Å². The van der Waals surface area contributed by atoms with Crippen LogP contribution in [0.4, 0.5) is 79.6 Å². The highest BCUT2D eigenvalue weighted by Crippen LogP contribution is 2.51. The smallest absolute Gasteiger partial charge is 0.129 e. The number of rotatable bonds is 12. The van der Waals surface area contributed by atoms with E-state index in [2.05, 4.69) is 254 Å². The van der Waals surface area contributed by atoms with Gasteiger partial charge in [-0.2, -0.15) is 0 Å². The fraction of sp³-hybridized carbons (Fsp3) is 0.250. The molecular weight excluding hydrogens is 1010 g/mol. The number of hydrogen-bond donors (Lipinski definition) is 0. The summed E-state index contributed by atoms with van der Waals surface area (Å²) in [6.45, 7) is 17.8. The van der Waals surface area contributed by atoms with E-state index in [1.165, 1.54) is 50.0 Å². The van der Waals surface area contributed by atoms with Crippen molar-refractivity contribution in [3.8, 4) is 23.0 Å². The number of fused-ring (bicyclic) bond motifs is 4. The Labute approximate surface area is 489 Å². The monoisotopic (exact) mass is 1090 g/mol. The third kappa shape index (κ3) is 9.53. The molecule has 10 heteroatoms. The molecule has 0 fully saturated rings. The van der Waals surface area contributed by atoms with Crippen molar-refractivity contribution >= 4 is 79.6 Å². The molecule has 9 aromatic carbocycles. The first-order chi connectivity index (χ1) is 40.8. The average molecular weight is 1090 g/mol. The fourth-order valence-corrected chi connectivity index (χ4v) is 12.2. The molecule has 10 nitrogen and oxygen atoms in total. The van der Waals surface area contributed by atoms with Crippen LogP contribution in [0, 0.1) is 0 Å². The number of aryl methyl sites for hydroxylation is 2. The minimum atomic E-state index is -2.29. The molecule has 0 atom stereocenters. The molecule has 0 unspecified atom stereocenters. The predicted octanol–water partition coefficient (Wildman–Crippen LogP) is 18.6. The van der Waals surface area contributed by atoms with Gasteiger partial charge in [-0.1, -0.05) is 116 Å². The lowest BCUT2D eigenvalue weighted by Crippen LogP contribution is -2.26. The second kappa shape index (κ2) is 20.5. The highest BCUT2D eigenvalue weighted by molar-refractivity contribution is 5.92. The number of nitrogens with zero attached hydrogens (tertiary/aromatic N) is 8. The summed E-state index contributed by atoms with van der Waals surface area (Å²) >= 11 is 0. The van der Waals surface area contributed by atoms with E-state index < -0.39 is 6.98 Å². The summed E-state index contributed by atoms with van der Waals surface area (Å²) in [5.41, 5.74) is 19.6. The summed E-state index contributed by atoms with van der Waals surface area (Å²) in [6, 6.07) is 68.5. The Kier molecular flexibility index (Phi) is 12.2. The first-order valence-corrected chi connectivity index (χ1v) is 28.8. The Hall–Kier alpha value is -9.02. The molecule has 0 spiro atoms. The van der Waals surface area contributed by atoms with Gasteiger partial charge in [0.25, 0.3) is 0 Å². The van der Waals surface area contributed by atoms with E-state index in [1.54, 1.807) is 0 Å². The Balaban J connectivity index is 0.777. The maximum Gasteiger partial charge on any atom is 0.129 e. The molecule has 0 saturated heterocycles. The molecule has 82 heavy (non-hydrogen) atoms. The Morgan fingerprint density at radius 2 is 0.683 bits per heavy atom. The summed E-state index contributed by atoms with van der Waals surface area (Å²) in [7, 11) is 2.15. The van der Waals surface area contributed by atoms with Crippen molar-refractivity contribution < 1.29 is 13.6 Å². The van der Waals surface area contributed by atoms with Crippen LogP contribution in [0.3, 0.4) is 0 Å². The first kappa shape index (κ1) is 48.8. The summed E-state index contributed by atoms with van der Waals surface area (Å²) in [5, 5.41) is 0. The van der Waals surface area contributed by atoms with Crippen molar-refractivity contribution in [2.45, 2.75) is 79.1 Å². The van der Waals surface area contributed by atoms with E-state index in [9.17, 15) is 0 Å². The topological polar surface area (TPSA) is 44.4 Å². The summed E-state index contributed by atoms with van der Waals surface area (Å²) in [4.78, 5) is 18.0. The standard InChI is InChI=1S/C72H74N8O2/c1-11-49-35-70(80-48-78(66-32-18-20-34-68(66)80)54-24-22-26-58(42-54)82-60-40-52(72(6,7)8)38-56(44-60)76-46-74(10)62-28-14-16-30-64(62)76)50(12-2)36-69(49)79-47-77(65-31-17-19-33-67(65)79)53-23-21-25-57(41-53)81-59-39-51(71(3,4)5)37-55(43-59)75-45-73(9)61-27-13-15-29-63(61)75/h13-44H,11-12,45-48H2,1-10H3/i9D3. The largest absolute Gasteiger partial charge is 0.457 e. The third-order valence-corrected chi connectivity index (χ3v) is 16.7. The molecule has 0 aromatic heterocycles. The van der Waals surface area contributed by atoms with Crippen LogP contribution in [0.5, 0.6) is 23.0 Å². The molecule has 414 valence electrons. The second-order valence-electron chi connectivity index (χ2n) is 24.2. The number of para-hydroxylation sites is 8. The normalized spacial score (nSPS) is 15.4. The molecular formula is C72H74N8O2. The van der Waals surface area contributed by atoms with E-state index >= 15 is 0 Å². The molecule has 0 saturated carbocycles. The van der Waals surface area contributed by atoms with Gasteiger partial charge >= 0.3 is 0 Å². The van der Waals surface area contributed by atoms with Gasteiger partial charge in [0, 0.05) is 76.5 Å². The number of anilines is 14. The van der Waals surface area contributed by atoms with Gasteiger partial charge in [0.2, 0.25) is 0 Å². The molecule has 0 radical (unpaired) electrons. The van der Waals surface area contributed by atoms with Crippen LogP contribution in [0.15, 0.2) is 194 Å². The Bertz CT molecular complexity index is 4020. The first-order valence-electron chi connectivity index (χ1n) is 30.3. The van der Waals surface area contributed by atoms with E-state index in [1.807, 2.05) is 36.4 Å². The quantitative estimate of drug-likeness (QED) is 0.118. The zero-order valence-corrected chi connectivity index (χ0v) is 48.6. The highest BCUT2D eigenvalue weighted by Gasteiger charge is 2.34. The molecule has 0 bridgehead atoms. The van der Waals surface area contributed by atoms with Gasteiger partial charge < -0.3 is 48.7 Å². The molecule has 4 aliphatic rings. The molecule has 0 aliphatic carbocycles. The van der Waals surface area contributed by atoms with Gasteiger partial charge in [-0.3, -0.25) is 0 Å². The highest BCUT2D eigenvalue weighted by atomic mass is 16.5. The van der Waals surface area contributed by atoms with E-state index in [4.69, 9.17) is 13.6 Å². The third-order valence-electron chi connectivity index (χ3n) is 16.7. The van der Waals surface area contributed by atoms with Crippen molar-refractivity contribution in [2.75, 3.05) is 79.9 Å². The van der Waals surface area contributed by atoms with Crippen molar-refractivity contribution in [1.29, 1.82) is 0 Å². The summed E-state index contributed by atoms with van der Waals surface area (Å²) in [6.07, 6.45) is 1.70. The molecule has 4 aliphatic heterocycles. The van der Waals surface area contributed by atoms with Crippen molar-refractivity contribution in [3.05, 3.63) is 216 Å². The minimum Gasteiger partial charge on any atom is -0.457 e. The SMILES string of the molecule is [2H]C([2H])([2H])N1CN(c2cc(Oc3cccc(N4CN(c5cc(CC)c(N6CN(c7cccc(Oc8cc(N9CN(C)c%10ccccc%109)cc(C(C)(C)C)c8)c7)c7ccccc76)cc5CC)c5ccccc54)c3)cc(C(C)(C)C)c2)c2ccccc21. The molecule has 0 amide bonds. The lowest BCUT2D eigenvalue weighted by atomic mass is 9.86. The van der Waals surface area contributed by atoms with Crippen LogP contribution in [-0.2, 0) is 23.7 Å². The Morgan fingerprint density at radius 1 is 0.341 bits per heavy atom. The van der Waals surface area contributed by atoms with Crippen molar-refractivity contribution in [1.82, 2.24) is 0 Å². The van der Waals surface area contributed by atoms with Crippen LogP contribution < -0.4 is 48.7 Å². The van der Waals surface area contributed by atoms with Crippen LogP contribution in [0.2, 0.25) is 0 Å². The van der Waals surface area contributed by atoms with Crippen LogP contribution >= 0.6 is 0 Å². The van der Waals surface area contributed by atoms with Crippen molar-refractivity contribution in [2.24, 2.45) is 0 Å². The van der Waals surface area contributed by atoms with E-state index in [0.29, 0.717) is 30.5 Å². The lowest BCUT2D eigenvalue weighted by Gasteiger charge is -2.29. The second-order valence-corrected chi connectivity index (χ2v) is 24.2. The average Bonchev–Trinajstić information content (AvgIpc) is 2.74. The zero-order chi connectivity index (χ0) is 59.1. The number of ether oxygens (including phenoxy) is 2. The van der Waals surface area contributed by atoms with Crippen LogP contribution in [-0.4, -0.2) is 40.7 Å². The maximum absolute atomic E-state index is 8.34. The van der Waals surface area contributed by atoms with Crippen molar-refractivity contribution in [3.63, 3.8) is 0 Å².